The molecule has 1 heterocycles. The monoisotopic (exact) mass is 375 g/mol. The fraction of sp³-hybridized carbons (Fsp3) is 0.750. The Bertz CT molecular complexity index is 577. The molecule has 1 aromatic rings. The van der Waals surface area contributed by atoms with Gasteiger partial charge < -0.3 is 10.6 Å². The van der Waals surface area contributed by atoms with Crippen LogP contribution in [0.4, 0.5) is 13.2 Å². The lowest BCUT2D eigenvalue weighted by Gasteiger charge is -2.30. The van der Waals surface area contributed by atoms with Crippen molar-refractivity contribution in [2.45, 2.75) is 76.2 Å². The van der Waals surface area contributed by atoms with Gasteiger partial charge in [-0.2, -0.15) is 18.3 Å². The number of halogens is 3. The minimum atomic E-state index is -4.33. The van der Waals surface area contributed by atoms with Gasteiger partial charge in [0.15, 0.2) is 0 Å². The van der Waals surface area contributed by atoms with Crippen molar-refractivity contribution < 1.29 is 22.8 Å². The highest BCUT2D eigenvalue weighted by Crippen LogP contribution is 2.22. The second-order valence-corrected chi connectivity index (χ2v) is 6.57. The van der Waals surface area contributed by atoms with Crippen molar-refractivity contribution in [1.82, 2.24) is 25.4 Å². The van der Waals surface area contributed by atoms with Crippen LogP contribution >= 0.6 is 0 Å². The first-order valence-electron chi connectivity index (χ1n) is 8.80. The molecule has 1 aromatic heterocycles. The van der Waals surface area contributed by atoms with Crippen LogP contribution in [0, 0.1) is 0 Å². The van der Waals surface area contributed by atoms with Crippen LogP contribution < -0.4 is 10.6 Å². The number of nitrogens with zero attached hydrogens (tertiary/aromatic N) is 3. The van der Waals surface area contributed by atoms with E-state index in [1.54, 1.807) is 11.0 Å². The number of aryl methyl sites for hydroxylation is 1. The zero-order valence-corrected chi connectivity index (χ0v) is 14.5. The lowest BCUT2D eigenvalue weighted by Crippen LogP contribution is -2.45. The van der Waals surface area contributed by atoms with E-state index in [0.717, 1.165) is 19.3 Å². The number of amides is 2. The molecule has 10 heteroatoms. The van der Waals surface area contributed by atoms with E-state index in [0.29, 0.717) is 25.8 Å². The summed E-state index contributed by atoms with van der Waals surface area (Å²) in [5.74, 6) is -0.661. The Hall–Kier alpha value is -2.13. The molecular weight excluding hydrogens is 351 g/mol. The number of alkyl halides is 3. The van der Waals surface area contributed by atoms with Crippen molar-refractivity contribution in [2.24, 2.45) is 0 Å². The molecule has 0 bridgehead atoms. The van der Waals surface area contributed by atoms with Gasteiger partial charge in [-0.1, -0.05) is 0 Å². The maximum Gasteiger partial charge on any atom is 0.389 e. The van der Waals surface area contributed by atoms with E-state index < -0.39 is 24.9 Å². The Morgan fingerprint density at radius 1 is 1.12 bits per heavy atom. The third-order valence-corrected chi connectivity index (χ3v) is 4.30. The molecule has 2 rings (SSSR count). The number of carbonyl (C=O) groups excluding carboxylic acids is 2. The van der Waals surface area contributed by atoms with Gasteiger partial charge in [0.1, 0.15) is 12.7 Å². The number of carbonyl (C=O) groups is 2. The average molecular weight is 375 g/mol. The lowest BCUT2D eigenvalue weighted by molar-refractivity contribution is -0.144. The summed E-state index contributed by atoms with van der Waals surface area (Å²) in [6, 6.07) is -0.250. The van der Waals surface area contributed by atoms with Crippen LogP contribution in [0.5, 0.6) is 0 Å². The summed E-state index contributed by atoms with van der Waals surface area (Å²) >= 11 is 0. The molecule has 7 nitrogen and oxygen atoms in total. The van der Waals surface area contributed by atoms with Gasteiger partial charge in [0.05, 0.1) is 6.42 Å². The van der Waals surface area contributed by atoms with Crippen molar-refractivity contribution >= 4 is 11.8 Å². The second kappa shape index (κ2) is 9.54. The standard InChI is InChI=1S/C16H24F3N5O2/c17-16(18,19)7-6-15(26)23-13-4-1-3-12(9-13)22-14(25)5-2-8-24-11-20-10-21-24/h10-13H,1-9H2,(H,22,25)(H,23,26)/t12-,13+/m1/s1. The molecule has 1 fully saturated rings. The van der Waals surface area contributed by atoms with Crippen LogP contribution in [-0.4, -0.2) is 44.8 Å². The van der Waals surface area contributed by atoms with Gasteiger partial charge in [0, 0.05) is 31.5 Å². The minimum absolute atomic E-state index is 0.0597. The summed E-state index contributed by atoms with van der Waals surface area (Å²) < 4.78 is 38.1. The molecule has 2 amide bonds. The maximum absolute atomic E-state index is 12.2. The van der Waals surface area contributed by atoms with Gasteiger partial charge in [-0.25, -0.2) is 4.98 Å². The zero-order chi connectivity index (χ0) is 19.0. The van der Waals surface area contributed by atoms with E-state index in [1.807, 2.05) is 0 Å². The highest BCUT2D eigenvalue weighted by molar-refractivity contribution is 5.77. The van der Waals surface area contributed by atoms with Gasteiger partial charge in [-0.3, -0.25) is 14.3 Å². The molecular formula is C16H24F3N5O2. The number of hydrogen-bond acceptors (Lipinski definition) is 4. The summed E-state index contributed by atoms with van der Waals surface area (Å²) in [6.45, 7) is 0.607. The van der Waals surface area contributed by atoms with Crippen molar-refractivity contribution in [3.8, 4) is 0 Å². The number of nitrogens with one attached hydrogen (secondary N) is 2. The Balaban J connectivity index is 1.65. The number of rotatable bonds is 8. The van der Waals surface area contributed by atoms with E-state index in [9.17, 15) is 22.8 Å². The maximum atomic E-state index is 12.2. The third kappa shape index (κ3) is 7.83. The molecule has 2 atom stereocenters. The topological polar surface area (TPSA) is 88.9 Å². The van der Waals surface area contributed by atoms with Crippen molar-refractivity contribution in [1.29, 1.82) is 0 Å². The molecule has 26 heavy (non-hydrogen) atoms. The zero-order valence-electron chi connectivity index (χ0n) is 14.5. The molecule has 1 aliphatic carbocycles. The Morgan fingerprint density at radius 3 is 2.35 bits per heavy atom. The summed E-state index contributed by atoms with van der Waals surface area (Å²) in [7, 11) is 0. The van der Waals surface area contributed by atoms with Crippen molar-refractivity contribution in [2.75, 3.05) is 0 Å². The SMILES string of the molecule is O=C(CCCn1cncn1)N[C@@H]1CCC[C@H](NC(=O)CCC(F)(F)F)C1. The predicted octanol–water partition coefficient (Wildman–Crippen LogP) is 1.94. The first-order chi connectivity index (χ1) is 12.3. The van der Waals surface area contributed by atoms with Crippen LogP contribution in [-0.2, 0) is 16.1 Å². The van der Waals surface area contributed by atoms with Crippen molar-refractivity contribution in [3.05, 3.63) is 12.7 Å². The fourth-order valence-electron chi connectivity index (χ4n) is 3.06. The third-order valence-electron chi connectivity index (χ3n) is 4.30. The summed E-state index contributed by atoms with van der Waals surface area (Å²) in [5, 5.41) is 9.55. The molecule has 0 unspecified atom stereocenters. The first-order valence-corrected chi connectivity index (χ1v) is 8.80. The molecule has 1 aliphatic rings. The second-order valence-electron chi connectivity index (χ2n) is 6.57. The van der Waals surface area contributed by atoms with Crippen LogP contribution in [0.25, 0.3) is 0 Å². The molecule has 0 radical (unpaired) electrons. The fourth-order valence-corrected chi connectivity index (χ4v) is 3.06. The summed E-state index contributed by atoms with van der Waals surface area (Å²) in [6.07, 6.45) is 0.916. The van der Waals surface area contributed by atoms with Crippen LogP contribution in [0.1, 0.15) is 51.4 Å². The summed E-state index contributed by atoms with van der Waals surface area (Å²) in [5.41, 5.74) is 0. The molecule has 2 N–H and O–H groups in total. The van der Waals surface area contributed by atoms with Gasteiger partial charge in [0.25, 0.3) is 0 Å². The molecule has 0 aromatic carbocycles. The molecule has 146 valence electrons. The predicted molar refractivity (Wildman–Crippen MR) is 86.9 cm³/mol. The normalized spacial score (nSPS) is 20.6. The van der Waals surface area contributed by atoms with Gasteiger partial charge in [0.2, 0.25) is 11.8 Å². The molecule has 0 saturated heterocycles. The van der Waals surface area contributed by atoms with Crippen molar-refractivity contribution in [3.63, 3.8) is 0 Å². The number of hydrogen-bond donors (Lipinski definition) is 2. The van der Waals surface area contributed by atoms with E-state index in [1.165, 1.54) is 6.33 Å². The molecule has 0 aliphatic heterocycles. The Labute approximate surface area is 149 Å². The van der Waals surface area contributed by atoms with Crippen LogP contribution in [0.15, 0.2) is 12.7 Å². The average Bonchev–Trinajstić information content (AvgIpc) is 3.06. The van der Waals surface area contributed by atoms with Gasteiger partial charge in [-0.15, -0.1) is 0 Å². The number of aromatic nitrogens is 3. The molecule has 1 saturated carbocycles. The van der Waals surface area contributed by atoms with Gasteiger partial charge in [-0.05, 0) is 32.1 Å². The van der Waals surface area contributed by atoms with E-state index >= 15 is 0 Å². The van der Waals surface area contributed by atoms with E-state index in [-0.39, 0.29) is 18.0 Å². The van der Waals surface area contributed by atoms with Crippen LogP contribution in [0.2, 0.25) is 0 Å². The minimum Gasteiger partial charge on any atom is -0.353 e. The first kappa shape index (κ1) is 20.2. The smallest absolute Gasteiger partial charge is 0.353 e. The van der Waals surface area contributed by atoms with Gasteiger partial charge >= 0.3 is 6.18 Å². The van der Waals surface area contributed by atoms with E-state index in [2.05, 4.69) is 20.7 Å². The highest BCUT2D eigenvalue weighted by atomic mass is 19.4. The Morgan fingerprint density at radius 2 is 1.77 bits per heavy atom. The quantitative estimate of drug-likeness (QED) is 0.727. The molecule has 0 spiro atoms. The van der Waals surface area contributed by atoms with E-state index in [4.69, 9.17) is 0 Å². The highest BCUT2D eigenvalue weighted by Gasteiger charge is 2.29. The lowest BCUT2D eigenvalue weighted by atomic mass is 9.90. The summed E-state index contributed by atoms with van der Waals surface area (Å²) in [4.78, 5) is 27.5. The Kier molecular flexibility index (Phi) is 7.40. The van der Waals surface area contributed by atoms with Crippen LogP contribution in [0.3, 0.4) is 0 Å². The largest absolute Gasteiger partial charge is 0.389 e.